The molecule has 1 aromatic carbocycles. The zero-order valence-electron chi connectivity index (χ0n) is 9.66. The molecular weight excluding hydrogens is 226 g/mol. The molecule has 0 bridgehead atoms. The van der Waals surface area contributed by atoms with Crippen LogP contribution in [0.3, 0.4) is 0 Å². The Kier molecular flexibility index (Phi) is 3.94. The zero-order chi connectivity index (χ0) is 12.3. The molecule has 0 amide bonds. The third-order valence-electron chi connectivity index (χ3n) is 2.82. The fourth-order valence-corrected chi connectivity index (χ4v) is 1.61. The van der Waals surface area contributed by atoms with Crippen molar-refractivity contribution in [3.8, 4) is 0 Å². The fourth-order valence-electron chi connectivity index (χ4n) is 1.48. The average Bonchev–Trinajstić information content (AvgIpc) is 2.27. The standard InChI is InChI=1S/C12H16ClNO2/c1-12(2,10(14)11(15)16-3)8-4-6-9(13)7-5-8/h4-7,10H,14H2,1-3H3/t10-/m1/s1. The van der Waals surface area contributed by atoms with Crippen LogP contribution in [0.4, 0.5) is 0 Å². The van der Waals surface area contributed by atoms with Gasteiger partial charge in [-0.05, 0) is 17.7 Å². The molecule has 1 aromatic rings. The van der Waals surface area contributed by atoms with E-state index in [9.17, 15) is 4.79 Å². The summed E-state index contributed by atoms with van der Waals surface area (Å²) in [5.74, 6) is -0.417. The first-order valence-electron chi connectivity index (χ1n) is 4.99. The van der Waals surface area contributed by atoms with Gasteiger partial charge in [-0.3, -0.25) is 4.79 Å². The second-order valence-corrected chi connectivity index (χ2v) is 4.67. The number of halogens is 1. The zero-order valence-corrected chi connectivity index (χ0v) is 10.4. The van der Waals surface area contributed by atoms with Crippen molar-refractivity contribution in [2.45, 2.75) is 25.3 Å². The summed E-state index contributed by atoms with van der Waals surface area (Å²) in [5.41, 5.74) is 6.33. The Balaban J connectivity index is 3.01. The summed E-state index contributed by atoms with van der Waals surface area (Å²) >= 11 is 5.81. The first-order chi connectivity index (χ1) is 7.39. The van der Waals surface area contributed by atoms with E-state index in [4.69, 9.17) is 17.3 Å². The van der Waals surface area contributed by atoms with Crippen molar-refractivity contribution >= 4 is 17.6 Å². The number of hydrogen-bond acceptors (Lipinski definition) is 3. The van der Waals surface area contributed by atoms with Crippen molar-refractivity contribution in [2.75, 3.05) is 7.11 Å². The second-order valence-electron chi connectivity index (χ2n) is 4.23. The van der Waals surface area contributed by atoms with Crippen LogP contribution in [0.1, 0.15) is 19.4 Å². The maximum atomic E-state index is 11.4. The number of methoxy groups -OCH3 is 1. The van der Waals surface area contributed by atoms with E-state index < -0.39 is 17.4 Å². The summed E-state index contributed by atoms with van der Waals surface area (Å²) in [4.78, 5) is 11.4. The normalized spacial score (nSPS) is 13.3. The Bertz CT molecular complexity index is 373. The van der Waals surface area contributed by atoms with Crippen molar-refractivity contribution in [3.05, 3.63) is 34.9 Å². The van der Waals surface area contributed by atoms with Crippen LogP contribution in [-0.4, -0.2) is 19.1 Å². The summed E-state index contributed by atoms with van der Waals surface area (Å²) < 4.78 is 4.65. The Hall–Kier alpha value is -1.06. The van der Waals surface area contributed by atoms with Crippen molar-refractivity contribution in [1.29, 1.82) is 0 Å². The van der Waals surface area contributed by atoms with Crippen LogP contribution >= 0.6 is 11.6 Å². The SMILES string of the molecule is COC(=O)[C@@H](N)C(C)(C)c1ccc(Cl)cc1. The van der Waals surface area contributed by atoms with Gasteiger partial charge in [0.1, 0.15) is 6.04 Å². The number of carbonyl (C=O) groups is 1. The molecule has 0 saturated carbocycles. The average molecular weight is 242 g/mol. The molecule has 0 fully saturated rings. The molecule has 0 heterocycles. The van der Waals surface area contributed by atoms with Crippen LogP contribution in [0.25, 0.3) is 0 Å². The maximum absolute atomic E-state index is 11.4. The van der Waals surface area contributed by atoms with Gasteiger partial charge < -0.3 is 10.5 Å². The number of esters is 1. The summed E-state index contributed by atoms with van der Waals surface area (Å²) in [6, 6.07) is 6.60. The quantitative estimate of drug-likeness (QED) is 0.825. The van der Waals surface area contributed by atoms with Gasteiger partial charge in [-0.15, -0.1) is 0 Å². The van der Waals surface area contributed by atoms with Gasteiger partial charge in [0.2, 0.25) is 0 Å². The van der Waals surface area contributed by atoms with E-state index in [1.165, 1.54) is 7.11 Å². The molecule has 4 heteroatoms. The molecule has 1 atom stereocenters. The first-order valence-corrected chi connectivity index (χ1v) is 5.37. The highest BCUT2D eigenvalue weighted by Crippen LogP contribution is 2.27. The predicted molar refractivity (Wildman–Crippen MR) is 64.5 cm³/mol. The van der Waals surface area contributed by atoms with Crippen molar-refractivity contribution in [2.24, 2.45) is 5.73 Å². The topological polar surface area (TPSA) is 52.3 Å². The third-order valence-corrected chi connectivity index (χ3v) is 3.07. The molecule has 0 aliphatic carbocycles. The third kappa shape index (κ3) is 2.54. The van der Waals surface area contributed by atoms with Crippen LogP contribution < -0.4 is 5.73 Å². The van der Waals surface area contributed by atoms with Crippen LogP contribution in [0, 0.1) is 0 Å². The highest BCUT2D eigenvalue weighted by molar-refractivity contribution is 6.30. The molecular formula is C12H16ClNO2. The minimum atomic E-state index is -0.696. The van der Waals surface area contributed by atoms with Gasteiger partial charge in [-0.25, -0.2) is 0 Å². The fraction of sp³-hybridized carbons (Fsp3) is 0.417. The van der Waals surface area contributed by atoms with Gasteiger partial charge in [-0.2, -0.15) is 0 Å². The number of hydrogen-bond donors (Lipinski definition) is 1. The van der Waals surface area contributed by atoms with Crippen LogP contribution in [0.15, 0.2) is 24.3 Å². The lowest BCUT2D eigenvalue weighted by Crippen LogP contribution is -2.47. The second kappa shape index (κ2) is 4.85. The Morgan fingerprint density at radius 3 is 2.31 bits per heavy atom. The molecule has 2 N–H and O–H groups in total. The molecule has 0 aliphatic heterocycles. The Morgan fingerprint density at radius 1 is 1.38 bits per heavy atom. The monoisotopic (exact) mass is 241 g/mol. The van der Waals surface area contributed by atoms with Crippen molar-refractivity contribution in [3.63, 3.8) is 0 Å². The summed E-state index contributed by atoms with van der Waals surface area (Å²) in [6.07, 6.45) is 0. The maximum Gasteiger partial charge on any atom is 0.323 e. The molecule has 0 radical (unpaired) electrons. The van der Waals surface area contributed by atoms with Crippen LogP contribution in [0.2, 0.25) is 5.02 Å². The largest absolute Gasteiger partial charge is 0.468 e. The van der Waals surface area contributed by atoms with E-state index >= 15 is 0 Å². The molecule has 0 aliphatic rings. The van der Waals surface area contributed by atoms with Crippen molar-refractivity contribution < 1.29 is 9.53 Å². The number of nitrogens with two attached hydrogens (primary N) is 1. The van der Waals surface area contributed by atoms with Gasteiger partial charge in [0.05, 0.1) is 7.11 Å². The molecule has 1 rings (SSSR count). The van der Waals surface area contributed by atoms with Gasteiger partial charge in [0, 0.05) is 10.4 Å². The lowest BCUT2D eigenvalue weighted by molar-refractivity contribution is -0.143. The molecule has 0 saturated heterocycles. The van der Waals surface area contributed by atoms with Gasteiger partial charge in [-0.1, -0.05) is 37.6 Å². The van der Waals surface area contributed by atoms with Gasteiger partial charge >= 0.3 is 5.97 Å². The molecule has 88 valence electrons. The molecule has 16 heavy (non-hydrogen) atoms. The van der Waals surface area contributed by atoms with E-state index in [1.807, 2.05) is 26.0 Å². The molecule has 0 aromatic heterocycles. The van der Waals surface area contributed by atoms with E-state index in [0.717, 1.165) is 5.56 Å². The first kappa shape index (κ1) is 13.0. The minimum absolute atomic E-state index is 0.417. The lowest BCUT2D eigenvalue weighted by atomic mass is 9.78. The van der Waals surface area contributed by atoms with Gasteiger partial charge in [0.25, 0.3) is 0 Å². The molecule has 0 unspecified atom stereocenters. The van der Waals surface area contributed by atoms with E-state index in [-0.39, 0.29) is 0 Å². The molecule has 0 spiro atoms. The number of benzene rings is 1. The summed E-state index contributed by atoms with van der Waals surface area (Å²) in [6.45, 7) is 3.80. The van der Waals surface area contributed by atoms with Gasteiger partial charge in [0.15, 0.2) is 0 Å². The van der Waals surface area contributed by atoms with Crippen LogP contribution in [0.5, 0.6) is 0 Å². The highest BCUT2D eigenvalue weighted by atomic mass is 35.5. The Morgan fingerprint density at radius 2 is 1.88 bits per heavy atom. The van der Waals surface area contributed by atoms with E-state index in [1.54, 1.807) is 12.1 Å². The van der Waals surface area contributed by atoms with Crippen molar-refractivity contribution in [1.82, 2.24) is 0 Å². The Labute approximate surface area is 101 Å². The lowest BCUT2D eigenvalue weighted by Gasteiger charge is -2.30. The van der Waals surface area contributed by atoms with Crippen LogP contribution in [-0.2, 0) is 14.9 Å². The van der Waals surface area contributed by atoms with E-state index in [2.05, 4.69) is 4.74 Å². The predicted octanol–water partition coefficient (Wildman–Crippen LogP) is 2.12. The number of carbonyl (C=O) groups excluding carboxylic acids is 1. The smallest absolute Gasteiger partial charge is 0.323 e. The minimum Gasteiger partial charge on any atom is -0.468 e. The molecule has 3 nitrogen and oxygen atoms in total. The van der Waals surface area contributed by atoms with E-state index in [0.29, 0.717) is 5.02 Å². The number of rotatable bonds is 3. The summed E-state index contributed by atoms with van der Waals surface area (Å²) in [5, 5.41) is 0.659. The highest BCUT2D eigenvalue weighted by Gasteiger charge is 2.34. The number of ether oxygens (including phenoxy) is 1. The summed E-state index contributed by atoms with van der Waals surface area (Å²) in [7, 11) is 1.33.